The maximum Gasteiger partial charge on any atom is 0.0800 e. The van der Waals surface area contributed by atoms with Gasteiger partial charge in [-0.25, -0.2) is 0 Å². The molecule has 0 aliphatic carbocycles. The van der Waals surface area contributed by atoms with Crippen LogP contribution in [0, 0.1) is 0 Å². The molecule has 0 amide bonds. The number of rotatable bonds is 13. The minimum absolute atomic E-state index is 0.0157. The van der Waals surface area contributed by atoms with Gasteiger partial charge in [-0.05, 0) is 26.3 Å². The number of methoxy groups -OCH3 is 1. The first-order valence-corrected chi connectivity index (χ1v) is 8.43. The first kappa shape index (κ1) is 18.9. The molecule has 0 aromatic heterocycles. The molecule has 0 aromatic rings. The van der Waals surface area contributed by atoms with Crippen molar-refractivity contribution in [2.45, 2.75) is 97.1 Å². The van der Waals surface area contributed by atoms with Crippen LogP contribution in [0.3, 0.4) is 0 Å². The molecule has 1 N–H and O–H groups in total. The molecule has 116 valence electrons. The topological polar surface area (TPSA) is 21.3 Å². The Bertz CT molecular complexity index is 190. The van der Waals surface area contributed by atoms with Gasteiger partial charge in [0.05, 0.1) is 5.60 Å². The van der Waals surface area contributed by atoms with Gasteiger partial charge < -0.3 is 10.1 Å². The Morgan fingerprint density at radius 1 is 0.947 bits per heavy atom. The van der Waals surface area contributed by atoms with Crippen LogP contribution < -0.4 is 5.32 Å². The molecule has 2 nitrogen and oxygen atoms in total. The number of hydrogen-bond acceptors (Lipinski definition) is 2. The van der Waals surface area contributed by atoms with Gasteiger partial charge in [0.15, 0.2) is 0 Å². The fourth-order valence-corrected chi connectivity index (χ4v) is 2.71. The Kier molecular flexibility index (Phi) is 11.7. The number of ether oxygens (including phenoxy) is 1. The number of unbranched alkanes of at least 4 members (excludes halogenated alkanes) is 6. The Hall–Kier alpha value is -0.0800. The maximum absolute atomic E-state index is 5.75. The van der Waals surface area contributed by atoms with Gasteiger partial charge in [0.1, 0.15) is 0 Å². The predicted molar refractivity (Wildman–Crippen MR) is 85.8 cm³/mol. The Balaban J connectivity index is 3.88. The summed E-state index contributed by atoms with van der Waals surface area (Å²) in [6.45, 7) is 9.95. The molecular weight excluding hydrogens is 234 g/mol. The standard InChI is InChI=1S/C17H37NO/c1-6-9-10-11-12-13-14-15-16(18-8-3)17(4,7-2)19-5/h16,18H,6-15H2,1-5H3. The lowest BCUT2D eigenvalue weighted by atomic mass is 9.89. The summed E-state index contributed by atoms with van der Waals surface area (Å²) < 4.78 is 5.75. The van der Waals surface area contributed by atoms with Crippen LogP contribution in [-0.2, 0) is 4.74 Å². The Morgan fingerprint density at radius 2 is 1.53 bits per heavy atom. The third-order valence-corrected chi connectivity index (χ3v) is 4.45. The van der Waals surface area contributed by atoms with E-state index in [-0.39, 0.29) is 5.60 Å². The van der Waals surface area contributed by atoms with E-state index in [1.165, 1.54) is 51.4 Å². The molecule has 0 rings (SSSR count). The molecule has 2 atom stereocenters. The zero-order chi connectivity index (χ0) is 14.6. The van der Waals surface area contributed by atoms with Crippen molar-refractivity contribution in [1.29, 1.82) is 0 Å². The van der Waals surface area contributed by atoms with Gasteiger partial charge in [-0.2, -0.15) is 0 Å². The fourth-order valence-electron chi connectivity index (χ4n) is 2.71. The molecule has 0 radical (unpaired) electrons. The van der Waals surface area contributed by atoms with Crippen LogP contribution >= 0.6 is 0 Å². The van der Waals surface area contributed by atoms with Gasteiger partial charge in [-0.15, -0.1) is 0 Å². The summed E-state index contributed by atoms with van der Waals surface area (Å²) in [5.41, 5.74) is -0.0157. The van der Waals surface area contributed by atoms with E-state index in [2.05, 4.69) is 33.0 Å². The van der Waals surface area contributed by atoms with Crippen LogP contribution in [-0.4, -0.2) is 25.3 Å². The van der Waals surface area contributed by atoms with E-state index < -0.39 is 0 Å². The zero-order valence-corrected chi connectivity index (χ0v) is 14.1. The average Bonchev–Trinajstić information content (AvgIpc) is 2.44. The van der Waals surface area contributed by atoms with E-state index in [9.17, 15) is 0 Å². The third kappa shape index (κ3) is 7.94. The molecule has 19 heavy (non-hydrogen) atoms. The van der Waals surface area contributed by atoms with E-state index in [1.54, 1.807) is 0 Å². The Morgan fingerprint density at radius 3 is 2.00 bits per heavy atom. The van der Waals surface area contributed by atoms with Gasteiger partial charge in [-0.1, -0.05) is 65.7 Å². The molecule has 0 fully saturated rings. The van der Waals surface area contributed by atoms with Gasteiger partial charge in [-0.3, -0.25) is 0 Å². The van der Waals surface area contributed by atoms with Crippen LogP contribution in [0.15, 0.2) is 0 Å². The van der Waals surface area contributed by atoms with Crippen LogP contribution in [0.5, 0.6) is 0 Å². The van der Waals surface area contributed by atoms with Crippen molar-refractivity contribution in [3.8, 4) is 0 Å². The molecule has 0 aliphatic heterocycles. The van der Waals surface area contributed by atoms with Gasteiger partial charge in [0.2, 0.25) is 0 Å². The smallest absolute Gasteiger partial charge is 0.0800 e. The van der Waals surface area contributed by atoms with Crippen LogP contribution in [0.1, 0.15) is 85.5 Å². The molecular formula is C17H37NO. The SMILES string of the molecule is CCCCCCCCCC(NCC)C(C)(CC)OC. The fraction of sp³-hybridized carbons (Fsp3) is 1.00. The molecule has 0 heterocycles. The third-order valence-electron chi connectivity index (χ3n) is 4.45. The van der Waals surface area contributed by atoms with Crippen molar-refractivity contribution in [2.75, 3.05) is 13.7 Å². The highest BCUT2D eigenvalue weighted by Crippen LogP contribution is 2.23. The van der Waals surface area contributed by atoms with Gasteiger partial charge >= 0.3 is 0 Å². The highest BCUT2D eigenvalue weighted by Gasteiger charge is 2.31. The van der Waals surface area contributed by atoms with Gasteiger partial charge in [0, 0.05) is 13.2 Å². The second-order valence-electron chi connectivity index (χ2n) is 5.89. The van der Waals surface area contributed by atoms with Crippen molar-refractivity contribution in [3.05, 3.63) is 0 Å². The number of likely N-dealkylation sites (N-methyl/N-ethyl adjacent to an activating group) is 1. The summed E-state index contributed by atoms with van der Waals surface area (Å²) in [6, 6.07) is 0.489. The molecule has 0 aliphatic rings. The second kappa shape index (κ2) is 11.7. The van der Waals surface area contributed by atoms with Crippen molar-refractivity contribution in [3.63, 3.8) is 0 Å². The molecule has 0 spiro atoms. The first-order valence-electron chi connectivity index (χ1n) is 8.43. The summed E-state index contributed by atoms with van der Waals surface area (Å²) in [5.74, 6) is 0. The summed E-state index contributed by atoms with van der Waals surface area (Å²) in [4.78, 5) is 0. The second-order valence-corrected chi connectivity index (χ2v) is 5.89. The quantitative estimate of drug-likeness (QED) is 0.480. The van der Waals surface area contributed by atoms with Crippen molar-refractivity contribution in [2.24, 2.45) is 0 Å². The van der Waals surface area contributed by atoms with Crippen LogP contribution in [0.4, 0.5) is 0 Å². The molecule has 0 aromatic carbocycles. The predicted octanol–water partition coefficient (Wildman–Crippen LogP) is 4.92. The van der Waals surface area contributed by atoms with E-state index in [4.69, 9.17) is 4.74 Å². The molecule has 0 saturated heterocycles. The monoisotopic (exact) mass is 271 g/mol. The van der Waals surface area contributed by atoms with E-state index in [1.807, 2.05) is 7.11 Å². The van der Waals surface area contributed by atoms with Gasteiger partial charge in [0.25, 0.3) is 0 Å². The van der Waals surface area contributed by atoms with Crippen molar-refractivity contribution >= 4 is 0 Å². The summed E-state index contributed by atoms with van der Waals surface area (Å²) >= 11 is 0. The largest absolute Gasteiger partial charge is 0.377 e. The number of nitrogens with one attached hydrogen (secondary N) is 1. The van der Waals surface area contributed by atoms with Crippen molar-refractivity contribution < 1.29 is 4.74 Å². The minimum Gasteiger partial charge on any atom is -0.377 e. The van der Waals surface area contributed by atoms with Crippen molar-refractivity contribution in [1.82, 2.24) is 5.32 Å². The first-order chi connectivity index (χ1) is 9.14. The van der Waals surface area contributed by atoms with E-state index in [0.717, 1.165) is 13.0 Å². The van der Waals surface area contributed by atoms with Crippen LogP contribution in [0.2, 0.25) is 0 Å². The summed E-state index contributed by atoms with van der Waals surface area (Å²) in [5, 5.41) is 3.61. The highest BCUT2D eigenvalue weighted by molar-refractivity contribution is 4.88. The van der Waals surface area contributed by atoms with E-state index >= 15 is 0 Å². The molecule has 2 unspecified atom stereocenters. The summed E-state index contributed by atoms with van der Waals surface area (Å²) in [6.07, 6.45) is 12.0. The van der Waals surface area contributed by atoms with Crippen LogP contribution in [0.25, 0.3) is 0 Å². The minimum atomic E-state index is -0.0157. The van der Waals surface area contributed by atoms with E-state index in [0.29, 0.717) is 6.04 Å². The zero-order valence-electron chi connectivity index (χ0n) is 14.1. The highest BCUT2D eigenvalue weighted by atomic mass is 16.5. The molecule has 0 saturated carbocycles. The average molecular weight is 271 g/mol. The molecule has 0 bridgehead atoms. The maximum atomic E-state index is 5.75. The molecule has 2 heteroatoms. The lowest BCUT2D eigenvalue weighted by Gasteiger charge is -2.36. The number of hydrogen-bond donors (Lipinski definition) is 1. The lowest BCUT2D eigenvalue weighted by Crippen LogP contribution is -2.49. The summed E-state index contributed by atoms with van der Waals surface area (Å²) in [7, 11) is 1.85. The normalized spacial score (nSPS) is 16.3. The lowest BCUT2D eigenvalue weighted by molar-refractivity contribution is -0.0312. The Labute approximate surface area is 121 Å².